The molecule has 0 aromatic heterocycles. The number of allylic oxidation sites excluding steroid dienone is 9. The first kappa shape index (κ1) is 15.1. The third-order valence-corrected chi connectivity index (χ3v) is 3.78. The van der Waals surface area contributed by atoms with Crippen LogP contribution < -0.4 is 0 Å². The van der Waals surface area contributed by atoms with Crippen molar-refractivity contribution in [1.29, 1.82) is 0 Å². The predicted octanol–water partition coefficient (Wildman–Crippen LogP) is 5.49. The van der Waals surface area contributed by atoms with Gasteiger partial charge in [-0.15, -0.1) is 0 Å². The number of hydrogen-bond acceptors (Lipinski definition) is 1. The first-order valence-electron chi connectivity index (χ1n) is 7.32. The Kier molecular flexibility index (Phi) is 4.99. The molecule has 1 aliphatic rings. The minimum atomic E-state index is 0.367. The molecule has 0 heterocycles. The van der Waals surface area contributed by atoms with E-state index >= 15 is 0 Å². The van der Waals surface area contributed by atoms with E-state index in [1.54, 1.807) is 6.07 Å². The molecular formula is C20H22O. The maximum Gasteiger partial charge on any atom is 0.123 e. The molecule has 0 aliphatic heterocycles. The van der Waals surface area contributed by atoms with E-state index in [0.29, 0.717) is 5.75 Å². The van der Waals surface area contributed by atoms with Gasteiger partial charge in [-0.2, -0.15) is 0 Å². The largest absolute Gasteiger partial charge is 0.507 e. The summed E-state index contributed by atoms with van der Waals surface area (Å²) in [6.07, 6.45) is 14.2. The molecule has 1 nitrogen and oxygen atoms in total. The van der Waals surface area contributed by atoms with Crippen molar-refractivity contribution in [2.24, 2.45) is 0 Å². The van der Waals surface area contributed by atoms with Crippen LogP contribution in [-0.2, 0) is 0 Å². The summed E-state index contributed by atoms with van der Waals surface area (Å²) >= 11 is 0. The average molecular weight is 278 g/mol. The average Bonchev–Trinajstić information content (AvgIpc) is 2.49. The van der Waals surface area contributed by atoms with E-state index in [1.807, 2.05) is 44.2 Å². The van der Waals surface area contributed by atoms with Gasteiger partial charge in [0.25, 0.3) is 0 Å². The Hall–Kier alpha value is -2.28. The van der Waals surface area contributed by atoms with E-state index in [1.165, 1.54) is 11.1 Å². The van der Waals surface area contributed by atoms with Crippen LogP contribution in [-0.4, -0.2) is 5.11 Å². The normalized spacial score (nSPS) is 15.8. The first-order valence-corrected chi connectivity index (χ1v) is 7.32. The molecule has 1 aromatic rings. The Balaban J connectivity index is 2.34. The van der Waals surface area contributed by atoms with Gasteiger partial charge in [0.1, 0.15) is 5.75 Å². The van der Waals surface area contributed by atoms with E-state index in [0.717, 1.165) is 29.5 Å². The molecule has 0 radical (unpaired) electrons. The van der Waals surface area contributed by atoms with Crippen molar-refractivity contribution >= 4 is 5.57 Å². The van der Waals surface area contributed by atoms with Crippen LogP contribution in [0.25, 0.3) is 5.57 Å². The van der Waals surface area contributed by atoms with Crippen LogP contribution in [0.15, 0.2) is 72.4 Å². The molecule has 1 heteroatoms. The highest BCUT2D eigenvalue weighted by Crippen LogP contribution is 2.35. The number of aromatic hydroxyl groups is 1. The SMILES string of the molecule is C=C/C(=C\C=C/C)C1=CC=C(c2c(C)cccc2O)CC1. The summed E-state index contributed by atoms with van der Waals surface area (Å²) in [4.78, 5) is 0. The lowest BCUT2D eigenvalue weighted by Crippen LogP contribution is -1.97. The summed E-state index contributed by atoms with van der Waals surface area (Å²) in [6.45, 7) is 7.93. The quantitative estimate of drug-likeness (QED) is 0.722. The van der Waals surface area contributed by atoms with Crippen LogP contribution in [0.4, 0.5) is 0 Å². The molecule has 1 N–H and O–H groups in total. The van der Waals surface area contributed by atoms with Crippen molar-refractivity contribution in [3.63, 3.8) is 0 Å². The number of phenolic OH excluding ortho intramolecular Hbond substituents is 1. The molecule has 2 rings (SSSR count). The van der Waals surface area contributed by atoms with Crippen molar-refractivity contribution in [1.82, 2.24) is 0 Å². The zero-order chi connectivity index (χ0) is 15.2. The summed E-state index contributed by atoms with van der Waals surface area (Å²) in [7, 11) is 0. The fourth-order valence-electron chi connectivity index (χ4n) is 2.66. The van der Waals surface area contributed by atoms with Gasteiger partial charge in [0.2, 0.25) is 0 Å². The zero-order valence-electron chi connectivity index (χ0n) is 12.8. The third-order valence-electron chi connectivity index (χ3n) is 3.78. The standard InChI is InChI=1S/C20H22O/c1-4-6-9-16(5-2)17-11-13-18(14-12-17)20-15(3)8-7-10-19(20)21/h4-11,13,21H,2,12,14H2,1,3H3/b6-4-,16-9+. The molecule has 0 amide bonds. The van der Waals surface area contributed by atoms with Crippen LogP contribution in [0.1, 0.15) is 30.9 Å². The lowest BCUT2D eigenvalue weighted by Gasteiger charge is -2.18. The fourth-order valence-corrected chi connectivity index (χ4v) is 2.66. The van der Waals surface area contributed by atoms with Gasteiger partial charge in [-0.05, 0) is 55.0 Å². The van der Waals surface area contributed by atoms with Crippen molar-refractivity contribution in [3.8, 4) is 5.75 Å². The van der Waals surface area contributed by atoms with E-state index in [-0.39, 0.29) is 0 Å². The summed E-state index contributed by atoms with van der Waals surface area (Å²) < 4.78 is 0. The molecule has 0 spiro atoms. The Morgan fingerprint density at radius 3 is 2.62 bits per heavy atom. The molecule has 1 aliphatic carbocycles. The smallest absolute Gasteiger partial charge is 0.123 e. The van der Waals surface area contributed by atoms with Gasteiger partial charge in [0, 0.05) is 5.56 Å². The number of rotatable bonds is 4. The van der Waals surface area contributed by atoms with Gasteiger partial charge in [0.05, 0.1) is 0 Å². The van der Waals surface area contributed by atoms with Crippen LogP contribution >= 0.6 is 0 Å². The maximum atomic E-state index is 10.1. The Morgan fingerprint density at radius 2 is 2.05 bits per heavy atom. The second kappa shape index (κ2) is 6.94. The maximum absolute atomic E-state index is 10.1. The Bertz CT molecular complexity index is 634. The van der Waals surface area contributed by atoms with E-state index in [4.69, 9.17) is 0 Å². The molecular weight excluding hydrogens is 256 g/mol. The summed E-state index contributed by atoms with van der Waals surface area (Å²) in [6, 6.07) is 5.67. The van der Waals surface area contributed by atoms with Crippen LogP contribution in [0, 0.1) is 6.92 Å². The molecule has 0 unspecified atom stereocenters. The Morgan fingerprint density at radius 1 is 1.24 bits per heavy atom. The number of aryl methyl sites for hydroxylation is 1. The van der Waals surface area contributed by atoms with Crippen molar-refractivity contribution < 1.29 is 5.11 Å². The van der Waals surface area contributed by atoms with Crippen LogP contribution in [0.3, 0.4) is 0 Å². The number of benzene rings is 1. The van der Waals surface area contributed by atoms with Crippen molar-refractivity contribution in [2.75, 3.05) is 0 Å². The minimum absolute atomic E-state index is 0.367. The molecule has 0 saturated heterocycles. The van der Waals surface area contributed by atoms with Crippen LogP contribution in [0.2, 0.25) is 0 Å². The van der Waals surface area contributed by atoms with Gasteiger partial charge in [-0.25, -0.2) is 0 Å². The van der Waals surface area contributed by atoms with Gasteiger partial charge < -0.3 is 5.11 Å². The zero-order valence-corrected chi connectivity index (χ0v) is 12.8. The van der Waals surface area contributed by atoms with Crippen molar-refractivity contribution in [2.45, 2.75) is 26.7 Å². The minimum Gasteiger partial charge on any atom is -0.507 e. The molecule has 21 heavy (non-hydrogen) atoms. The van der Waals surface area contributed by atoms with Gasteiger partial charge >= 0.3 is 0 Å². The van der Waals surface area contributed by atoms with Crippen molar-refractivity contribution in [3.05, 3.63) is 83.5 Å². The van der Waals surface area contributed by atoms with Gasteiger partial charge in [0.15, 0.2) is 0 Å². The fraction of sp³-hybridized carbons (Fsp3) is 0.200. The predicted molar refractivity (Wildman–Crippen MR) is 91.2 cm³/mol. The second-order valence-electron chi connectivity index (χ2n) is 5.20. The van der Waals surface area contributed by atoms with Gasteiger partial charge in [-0.3, -0.25) is 0 Å². The Labute approximate surface area is 127 Å². The highest BCUT2D eigenvalue weighted by atomic mass is 16.3. The van der Waals surface area contributed by atoms with E-state index in [2.05, 4.69) is 24.8 Å². The first-order chi connectivity index (χ1) is 10.2. The van der Waals surface area contributed by atoms with Gasteiger partial charge in [-0.1, -0.05) is 55.2 Å². The summed E-state index contributed by atoms with van der Waals surface area (Å²) in [5.41, 5.74) is 5.75. The second-order valence-corrected chi connectivity index (χ2v) is 5.20. The molecule has 0 atom stereocenters. The third kappa shape index (κ3) is 3.43. The van der Waals surface area contributed by atoms with E-state index in [9.17, 15) is 5.11 Å². The molecule has 1 aromatic carbocycles. The molecule has 0 saturated carbocycles. The topological polar surface area (TPSA) is 20.2 Å². The molecule has 0 bridgehead atoms. The summed E-state index contributed by atoms with van der Waals surface area (Å²) in [5.74, 6) is 0.367. The lowest BCUT2D eigenvalue weighted by atomic mass is 9.88. The molecule has 0 fully saturated rings. The number of hydrogen-bond donors (Lipinski definition) is 1. The highest BCUT2D eigenvalue weighted by molar-refractivity contribution is 5.75. The van der Waals surface area contributed by atoms with E-state index < -0.39 is 0 Å². The monoisotopic (exact) mass is 278 g/mol. The highest BCUT2D eigenvalue weighted by Gasteiger charge is 2.14. The lowest BCUT2D eigenvalue weighted by molar-refractivity contribution is 0.473. The molecule has 108 valence electrons. The summed E-state index contributed by atoms with van der Waals surface area (Å²) in [5, 5.41) is 10.1. The van der Waals surface area contributed by atoms with Crippen LogP contribution in [0.5, 0.6) is 5.75 Å². The number of phenols is 1.